The lowest BCUT2D eigenvalue weighted by Crippen LogP contribution is -2.55. The van der Waals surface area contributed by atoms with Gasteiger partial charge in [0.15, 0.2) is 11.5 Å². The zero-order valence-electron chi connectivity index (χ0n) is 13.9. The predicted octanol–water partition coefficient (Wildman–Crippen LogP) is 3.27. The monoisotopic (exact) mass is 417 g/mol. The minimum Gasteiger partial charge on any atom is -0.441 e. The summed E-state index contributed by atoms with van der Waals surface area (Å²) in [5, 5.41) is 2.88. The first-order chi connectivity index (χ1) is 12.6. The summed E-state index contributed by atoms with van der Waals surface area (Å²) in [7, 11) is 0. The highest BCUT2D eigenvalue weighted by Crippen LogP contribution is 2.24. The summed E-state index contributed by atoms with van der Waals surface area (Å²) in [6.07, 6.45) is 0.340. The number of rotatable bonds is 4. The fourth-order valence-electron chi connectivity index (χ4n) is 3.23. The predicted molar refractivity (Wildman–Crippen MR) is 99.0 cm³/mol. The average molecular weight is 418 g/mol. The molecule has 2 aromatic carbocycles. The van der Waals surface area contributed by atoms with Crippen molar-refractivity contribution in [1.82, 2.24) is 15.2 Å². The summed E-state index contributed by atoms with van der Waals surface area (Å²) in [5.74, 6) is 0.128. The molecule has 1 fully saturated rings. The van der Waals surface area contributed by atoms with Crippen molar-refractivity contribution in [3.8, 4) is 0 Å². The molecule has 1 aliphatic heterocycles. The zero-order valence-corrected chi connectivity index (χ0v) is 15.5. The third kappa shape index (κ3) is 3.37. The molecule has 1 amide bonds. The van der Waals surface area contributed by atoms with E-state index in [9.17, 15) is 9.18 Å². The van der Waals surface area contributed by atoms with Crippen molar-refractivity contribution in [3.05, 3.63) is 64.2 Å². The summed E-state index contributed by atoms with van der Waals surface area (Å²) in [4.78, 5) is 18.9. The van der Waals surface area contributed by atoms with Gasteiger partial charge in [-0.2, -0.15) is 0 Å². The van der Waals surface area contributed by atoms with Crippen LogP contribution in [0.5, 0.6) is 0 Å². The second kappa shape index (κ2) is 7.17. The normalized spacial score (nSPS) is 18.2. The fraction of sp³-hybridized carbons (Fsp3) is 0.263. The molecule has 1 atom stereocenters. The van der Waals surface area contributed by atoms with Crippen molar-refractivity contribution >= 4 is 32.9 Å². The molecule has 134 valence electrons. The number of nitrogens with one attached hydrogen (secondary N) is 1. The van der Waals surface area contributed by atoms with Crippen LogP contribution in [-0.2, 0) is 17.8 Å². The molecule has 5 nitrogen and oxygen atoms in total. The molecule has 1 saturated heterocycles. The molecule has 3 aromatic rings. The highest BCUT2D eigenvalue weighted by atomic mass is 79.9. The van der Waals surface area contributed by atoms with Gasteiger partial charge in [0.25, 0.3) is 0 Å². The van der Waals surface area contributed by atoms with E-state index in [0.29, 0.717) is 47.6 Å². The van der Waals surface area contributed by atoms with E-state index < -0.39 is 6.04 Å². The van der Waals surface area contributed by atoms with Crippen molar-refractivity contribution in [3.63, 3.8) is 0 Å². The van der Waals surface area contributed by atoms with E-state index in [1.807, 2.05) is 29.2 Å². The number of benzene rings is 2. The number of piperazine rings is 1. The van der Waals surface area contributed by atoms with Gasteiger partial charge >= 0.3 is 0 Å². The van der Waals surface area contributed by atoms with Crippen LogP contribution in [0.25, 0.3) is 11.1 Å². The van der Waals surface area contributed by atoms with Crippen molar-refractivity contribution in [2.45, 2.75) is 19.0 Å². The maximum atomic E-state index is 14.2. The van der Waals surface area contributed by atoms with Gasteiger partial charge in [-0.05, 0) is 24.3 Å². The van der Waals surface area contributed by atoms with Gasteiger partial charge in [0.05, 0.1) is 6.04 Å². The topological polar surface area (TPSA) is 58.4 Å². The van der Waals surface area contributed by atoms with Crippen LogP contribution in [0.2, 0.25) is 0 Å². The lowest BCUT2D eigenvalue weighted by Gasteiger charge is -2.34. The molecule has 2 heterocycles. The van der Waals surface area contributed by atoms with Gasteiger partial charge in [-0.25, -0.2) is 9.37 Å². The highest BCUT2D eigenvalue weighted by molar-refractivity contribution is 9.10. The summed E-state index contributed by atoms with van der Waals surface area (Å²) in [5.41, 5.74) is 2.01. The number of carbonyl (C=O) groups is 1. The van der Waals surface area contributed by atoms with Crippen LogP contribution in [0.15, 0.2) is 51.4 Å². The first-order valence-corrected chi connectivity index (χ1v) is 9.20. The van der Waals surface area contributed by atoms with E-state index in [1.165, 1.54) is 6.07 Å². The minimum atomic E-state index is -0.455. The van der Waals surface area contributed by atoms with Gasteiger partial charge in [0.1, 0.15) is 11.3 Å². The van der Waals surface area contributed by atoms with E-state index in [4.69, 9.17) is 4.42 Å². The third-order valence-corrected chi connectivity index (χ3v) is 5.31. The summed E-state index contributed by atoms with van der Waals surface area (Å²) < 4.78 is 20.7. The van der Waals surface area contributed by atoms with Crippen LogP contribution in [0.4, 0.5) is 4.39 Å². The Balaban J connectivity index is 1.59. The average Bonchev–Trinajstić information content (AvgIpc) is 3.03. The molecule has 0 radical (unpaired) electrons. The van der Waals surface area contributed by atoms with Gasteiger partial charge in [-0.3, -0.25) is 9.69 Å². The molecule has 0 bridgehead atoms. The van der Waals surface area contributed by atoms with Crippen LogP contribution in [-0.4, -0.2) is 34.9 Å². The molecule has 26 heavy (non-hydrogen) atoms. The van der Waals surface area contributed by atoms with Crippen molar-refractivity contribution < 1.29 is 13.6 Å². The SMILES string of the molecule is O=C1NCCN(Cc2c(F)cccc2Br)[C@H]1Cc1nc2ccccc2o1. The maximum absolute atomic E-state index is 14.2. The minimum absolute atomic E-state index is 0.0917. The number of fused-ring (bicyclic) bond motifs is 1. The number of hydrogen-bond acceptors (Lipinski definition) is 4. The zero-order chi connectivity index (χ0) is 18.1. The van der Waals surface area contributed by atoms with Gasteiger partial charge in [-0.1, -0.05) is 34.1 Å². The molecule has 0 spiro atoms. The molecule has 1 aliphatic rings. The summed E-state index contributed by atoms with van der Waals surface area (Å²) >= 11 is 3.40. The van der Waals surface area contributed by atoms with Crippen LogP contribution in [0.3, 0.4) is 0 Å². The van der Waals surface area contributed by atoms with Crippen molar-refractivity contribution in [2.24, 2.45) is 0 Å². The van der Waals surface area contributed by atoms with Gasteiger partial charge in [-0.15, -0.1) is 0 Å². The number of halogens is 2. The Labute approximate surface area is 158 Å². The molecule has 0 unspecified atom stereocenters. The second-order valence-electron chi connectivity index (χ2n) is 6.26. The molecule has 1 N–H and O–H groups in total. The largest absolute Gasteiger partial charge is 0.441 e. The third-order valence-electron chi connectivity index (χ3n) is 4.57. The molecular weight excluding hydrogens is 401 g/mol. The Morgan fingerprint density at radius 2 is 2.12 bits per heavy atom. The second-order valence-corrected chi connectivity index (χ2v) is 7.11. The molecule has 7 heteroatoms. The number of amides is 1. The fourth-order valence-corrected chi connectivity index (χ4v) is 3.70. The number of nitrogens with zero attached hydrogens (tertiary/aromatic N) is 2. The molecule has 0 saturated carbocycles. The summed E-state index contributed by atoms with van der Waals surface area (Å²) in [6.45, 7) is 1.51. The Kier molecular flexibility index (Phi) is 4.74. The smallest absolute Gasteiger partial charge is 0.237 e. The first kappa shape index (κ1) is 17.2. The van der Waals surface area contributed by atoms with Crippen molar-refractivity contribution in [2.75, 3.05) is 13.1 Å². The molecule has 1 aromatic heterocycles. The van der Waals surface area contributed by atoms with Gasteiger partial charge < -0.3 is 9.73 Å². The Bertz CT molecular complexity index is 906. The Morgan fingerprint density at radius 1 is 1.27 bits per heavy atom. The van der Waals surface area contributed by atoms with Crippen LogP contribution in [0.1, 0.15) is 11.5 Å². The van der Waals surface area contributed by atoms with E-state index >= 15 is 0 Å². The maximum Gasteiger partial charge on any atom is 0.237 e. The standard InChI is InChI=1S/C19H17BrFN3O2/c20-13-4-3-5-14(21)12(13)11-24-9-8-22-19(25)16(24)10-18-23-15-6-1-2-7-17(15)26-18/h1-7,16H,8-11H2,(H,22,25)/t16-/m0/s1. The molecule has 4 rings (SSSR count). The van der Waals surface area contributed by atoms with E-state index in [0.717, 1.165) is 5.52 Å². The lowest BCUT2D eigenvalue weighted by molar-refractivity contribution is -0.129. The van der Waals surface area contributed by atoms with Crippen LogP contribution >= 0.6 is 15.9 Å². The number of oxazole rings is 1. The highest BCUT2D eigenvalue weighted by Gasteiger charge is 2.32. The van der Waals surface area contributed by atoms with E-state index in [1.54, 1.807) is 12.1 Å². The first-order valence-electron chi connectivity index (χ1n) is 8.41. The van der Waals surface area contributed by atoms with E-state index in [2.05, 4.69) is 26.2 Å². The molecular formula is C19H17BrFN3O2. The quantitative estimate of drug-likeness (QED) is 0.707. The number of para-hydroxylation sites is 2. The van der Waals surface area contributed by atoms with E-state index in [-0.39, 0.29) is 11.7 Å². The number of carbonyl (C=O) groups excluding carboxylic acids is 1. The van der Waals surface area contributed by atoms with Gasteiger partial charge in [0.2, 0.25) is 5.91 Å². The van der Waals surface area contributed by atoms with Gasteiger partial charge in [0, 0.05) is 36.1 Å². The lowest BCUT2D eigenvalue weighted by atomic mass is 10.1. The Hall–Kier alpha value is -2.25. The number of aromatic nitrogens is 1. The van der Waals surface area contributed by atoms with Crippen LogP contribution < -0.4 is 5.32 Å². The number of hydrogen-bond donors (Lipinski definition) is 1. The Morgan fingerprint density at radius 3 is 2.92 bits per heavy atom. The van der Waals surface area contributed by atoms with Crippen LogP contribution in [0, 0.1) is 5.82 Å². The van der Waals surface area contributed by atoms with Crippen molar-refractivity contribution in [1.29, 1.82) is 0 Å². The molecule has 0 aliphatic carbocycles. The summed E-state index contributed by atoms with van der Waals surface area (Å²) in [6, 6.07) is 11.9.